The number of rotatable bonds is 8. The van der Waals surface area contributed by atoms with Crippen LogP contribution in [0.5, 0.6) is 0 Å². The van der Waals surface area contributed by atoms with E-state index < -0.39 is 11.6 Å². The normalized spacial score (nSPS) is 11.4. The first kappa shape index (κ1) is 21.7. The minimum atomic E-state index is -0.493. The number of anilines is 2. The maximum Gasteiger partial charge on any atom is 0.240 e. The summed E-state index contributed by atoms with van der Waals surface area (Å²) in [5.41, 5.74) is 6.51. The second-order valence-corrected chi connectivity index (χ2v) is 6.61. The number of nitriles is 2. The van der Waals surface area contributed by atoms with Crippen molar-refractivity contribution in [2.75, 3.05) is 10.9 Å². The first-order chi connectivity index (χ1) is 15.4. The number of ketones is 2. The summed E-state index contributed by atoms with van der Waals surface area (Å²) in [6.45, 7) is 0. The van der Waals surface area contributed by atoms with Crippen molar-refractivity contribution in [1.29, 1.82) is 10.5 Å². The zero-order valence-corrected chi connectivity index (χ0v) is 17.3. The van der Waals surface area contributed by atoms with E-state index in [0.717, 1.165) is 0 Å². The van der Waals surface area contributed by atoms with E-state index in [1.165, 1.54) is 0 Å². The molecule has 0 saturated carbocycles. The van der Waals surface area contributed by atoms with Crippen molar-refractivity contribution < 1.29 is 9.59 Å². The molecule has 32 heavy (non-hydrogen) atoms. The predicted octanol–water partition coefficient (Wildman–Crippen LogP) is 2.71. The molecule has 0 unspecified atom stereocenters. The molecular weight excluding hydrogens is 408 g/mol. The van der Waals surface area contributed by atoms with Crippen LogP contribution < -0.4 is 10.9 Å². The van der Waals surface area contributed by atoms with Gasteiger partial charge in [0.15, 0.2) is 0 Å². The molecule has 10 nitrogen and oxygen atoms in total. The van der Waals surface area contributed by atoms with Crippen molar-refractivity contribution in [2.45, 2.75) is 0 Å². The van der Waals surface area contributed by atoms with E-state index in [4.69, 9.17) is 0 Å². The lowest BCUT2D eigenvalue weighted by Gasteiger charge is -2.05. The van der Waals surface area contributed by atoms with Crippen LogP contribution in [-0.2, 0) is 14.1 Å². The molecule has 2 aromatic heterocycles. The van der Waals surface area contributed by atoms with Crippen LogP contribution >= 0.6 is 0 Å². The molecule has 10 heteroatoms. The summed E-state index contributed by atoms with van der Waals surface area (Å²) in [5.74, 6) is -0.987. The third-order valence-electron chi connectivity index (χ3n) is 4.47. The van der Waals surface area contributed by atoms with Gasteiger partial charge in [0, 0.05) is 26.5 Å². The lowest BCUT2D eigenvalue weighted by molar-refractivity contribution is 0.105. The molecule has 0 amide bonds. The molecule has 2 N–H and O–H groups in total. The maximum absolute atomic E-state index is 12.4. The average molecular weight is 426 g/mol. The number of carbonyl (C=O) groups excluding carboxylic acids is 2. The van der Waals surface area contributed by atoms with Gasteiger partial charge < -0.3 is 9.13 Å². The SMILES string of the molecule is Cn1cccc1C(=O)/C(C#N)=N\Nc1ccc(N/N=C(/C#N)C(=O)c2cccn2C)cc1. The molecule has 0 radical (unpaired) electrons. The number of nitrogens with one attached hydrogen (secondary N) is 2. The van der Waals surface area contributed by atoms with Crippen LogP contribution in [0.4, 0.5) is 11.4 Å². The third kappa shape index (κ3) is 4.78. The Morgan fingerprint density at radius 2 is 1.12 bits per heavy atom. The highest BCUT2D eigenvalue weighted by Gasteiger charge is 2.17. The van der Waals surface area contributed by atoms with Crippen molar-refractivity contribution in [1.82, 2.24) is 9.13 Å². The van der Waals surface area contributed by atoms with Gasteiger partial charge >= 0.3 is 0 Å². The van der Waals surface area contributed by atoms with Gasteiger partial charge in [-0.1, -0.05) is 0 Å². The number of aryl methyl sites for hydroxylation is 2. The smallest absolute Gasteiger partial charge is 0.240 e. The zero-order valence-electron chi connectivity index (χ0n) is 17.3. The van der Waals surface area contributed by atoms with Crippen molar-refractivity contribution in [3.05, 3.63) is 72.3 Å². The zero-order chi connectivity index (χ0) is 23.1. The third-order valence-corrected chi connectivity index (χ3v) is 4.47. The molecule has 0 saturated heterocycles. The fourth-order valence-electron chi connectivity index (χ4n) is 2.75. The van der Waals surface area contributed by atoms with Gasteiger partial charge in [0.1, 0.15) is 12.1 Å². The van der Waals surface area contributed by atoms with E-state index in [2.05, 4.69) is 21.1 Å². The summed E-state index contributed by atoms with van der Waals surface area (Å²) in [6, 6.07) is 16.7. The Hall–Kier alpha value is -4.96. The van der Waals surface area contributed by atoms with Crippen molar-refractivity contribution in [3.63, 3.8) is 0 Å². The Balaban J connectivity index is 1.67. The van der Waals surface area contributed by atoms with Crippen LogP contribution in [-0.4, -0.2) is 32.1 Å². The Labute approximate surface area is 183 Å². The molecule has 0 bridgehead atoms. The molecular formula is C22H18N8O2. The Morgan fingerprint density at radius 1 is 0.750 bits per heavy atom. The number of benzene rings is 1. The number of hydrazone groups is 2. The number of carbonyl (C=O) groups is 2. The maximum atomic E-state index is 12.4. The Bertz CT molecular complexity index is 1200. The van der Waals surface area contributed by atoms with E-state index in [1.807, 2.05) is 0 Å². The Morgan fingerprint density at radius 3 is 1.41 bits per heavy atom. The lowest BCUT2D eigenvalue weighted by atomic mass is 10.2. The largest absolute Gasteiger partial charge is 0.348 e. The summed E-state index contributed by atoms with van der Waals surface area (Å²) in [4.78, 5) is 24.8. The van der Waals surface area contributed by atoms with Gasteiger partial charge in [-0.05, 0) is 48.5 Å². The Kier molecular flexibility index (Phi) is 6.59. The molecule has 0 aliphatic rings. The number of hydrogen-bond acceptors (Lipinski definition) is 8. The van der Waals surface area contributed by atoms with E-state index in [1.54, 1.807) is 96.3 Å². The van der Waals surface area contributed by atoms with Crippen LogP contribution in [0, 0.1) is 22.7 Å². The standard InChI is InChI=1S/C22H18N8O2/c1-29-11-3-5-19(29)21(31)17(13-23)27-25-15-7-9-16(10-8-15)26-28-18(14-24)22(32)20-6-4-12-30(20)2/h3-12,25-26H,1-2H3/b27-17-,28-18-. The molecule has 1 aromatic carbocycles. The molecule has 2 heterocycles. The minimum absolute atomic E-state index is 0.281. The topological polar surface area (TPSA) is 140 Å². The van der Waals surface area contributed by atoms with Gasteiger partial charge in [-0.2, -0.15) is 20.7 Å². The quantitative estimate of drug-likeness (QED) is 0.322. The predicted molar refractivity (Wildman–Crippen MR) is 119 cm³/mol. The summed E-state index contributed by atoms with van der Waals surface area (Å²) >= 11 is 0. The number of hydrogen-bond donors (Lipinski definition) is 2. The monoisotopic (exact) mass is 426 g/mol. The second-order valence-electron chi connectivity index (χ2n) is 6.61. The first-order valence-electron chi connectivity index (χ1n) is 9.34. The summed E-state index contributed by atoms with van der Waals surface area (Å²) < 4.78 is 3.21. The second kappa shape index (κ2) is 9.69. The highest BCUT2D eigenvalue weighted by molar-refractivity contribution is 6.51. The number of aromatic nitrogens is 2. The number of nitrogens with zero attached hydrogens (tertiary/aromatic N) is 6. The summed E-state index contributed by atoms with van der Waals surface area (Å²) in [6.07, 6.45) is 3.41. The van der Waals surface area contributed by atoms with Crippen molar-refractivity contribution in [3.8, 4) is 12.1 Å². The van der Waals surface area contributed by atoms with E-state index >= 15 is 0 Å². The molecule has 3 rings (SSSR count). The number of Topliss-reactive ketones (excluding diaryl/α,β-unsaturated/α-hetero) is 2. The van der Waals surface area contributed by atoms with Gasteiger partial charge in [-0.3, -0.25) is 20.4 Å². The van der Waals surface area contributed by atoms with Crippen LogP contribution in [0.2, 0.25) is 0 Å². The molecule has 0 aliphatic heterocycles. The highest BCUT2D eigenvalue weighted by Crippen LogP contribution is 2.14. The molecule has 3 aromatic rings. The highest BCUT2D eigenvalue weighted by atomic mass is 16.1. The van der Waals surface area contributed by atoms with Crippen LogP contribution in [0.3, 0.4) is 0 Å². The molecule has 0 fully saturated rings. The van der Waals surface area contributed by atoms with Gasteiger partial charge in [0.25, 0.3) is 0 Å². The van der Waals surface area contributed by atoms with Crippen molar-refractivity contribution in [2.24, 2.45) is 24.3 Å². The lowest BCUT2D eigenvalue weighted by Crippen LogP contribution is -2.17. The average Bonchev–Trinajstić information content (AvgIpc) is 3.43. The molecule has 0 atom stereocenters. The van der Waals surface area contributed by atoms with Crippen LogP contribution in [0.25, 0.3) is 0 Å². The van der Waals surface area contributed by atoms with Gasteiger partial charge in [-0.15, -0.1) is 0 Å². The molecule has 158 valence electrons. The van der Waals surface area contributed by atoms with E-state index in [9.17, 15) is 20.1 Å². The minimum Gasteiger partial charge on any atom is -0.348 e. The van der Waals surface area contributed by atoms with Crippen LogP contribution in [0.1, 0.15) is 21.0 Å². The fourth-order valence-corrected chi connectivity index (χ4v) is 2.75. The van der Waals surface area contributed by atoms with E-state index in [0.29, 0.717) is 22.8 Å². The molecule has 0 aliphatic carbocycles. The fraction of sp³-hybridized carbons (Fsp3) is 0.0909. The summed E-state index contributed by atoms with van der Waals surface area (Å²) in [7, 11) is 3.41. The van der Waals surface area contributed by atoms with Gasteiger partial charge in [0.2, 0.25) is 23.0 Å². The van der Waals surface area contributed by atoms with Crippen molar-refractivity contribution >= 4 is 34.4 Å². The van der Waals surface area contributed by atoms with Crippen LogP contribution in [0.15, 0.2) is 71.1 Å². The summed E-state index contributed by atoms with van der Waals surface area (Å²) in [5, 5.41) is 26.3. The van der Waals surface area contributed by atoms with Gasteiger partial charge in [-0.25, -0.2) is 0 Å². The first-order valence-corrected chi connectivity index (χ1v) is 9.34. The van der Waals surface area contributed by atoms with Gasteiger partial charge in [0.05, 0.1) is 22.8 Å². The molecule has 0 spiro atoms. The van der Waals surface area contributed by atoms with E-state index in [-0.39, 0.29) is 11.4 Å².